The molecule has 0 unspecified atom stereocenters. The number of phenols is 1. The predicted octanol–water partition coefficient (Wildman–Crippen LogP) is 3.04. The average Bonchev–Trinajstić information content (AvgIpc) is 3.34. The Labute approximate surface area is 190 Å². The van der Waals surface area contributed by atoms with Gasteiger partial charge in [-0.25, -0.2) is 9.37 Å². The number of rotatable bonds is 6. The number of halogens is 2. The van der Waals surface area contributed by atoms with Crippen LogP contribution in [0.1, 0.15) is 15.9 Å². The lowest BCUT2D eigenvalue weighted by Crippen LogP contribution is -2.25. The quantitative estimate of drug-likeness (QED) is 0.449. The topological polar surface area (TPSA) is 92.9 Å². The van der Waals surface area contributed by atoms with E-state index >= 15 is 0 Å². The summed E-state index contributed by atoms with van der Waals surface area (Å²) in [7, 11) is 1.41. The van der Waals surface area contributed by atoms with Crippen molar-refractivity contribution in [3.8, 4) is 22.8 Å². The zero-order valence-electron chi connectivity index (χ0n) is 16.8. The molecule has 2 aromatic carbocycles. The monoisotopic (exact) mass is 473 g/mol. The Hall–Kier alpha value is -3.43. The summed E-state index contributed by atoms with van der Waals surface area (Å²) in [6, 6.07) is 9.86. The maximum Gasteiger partial charge on any atom is 0.274 e. The van der Waals surface area contributed by atoms with E-state index in [0.717, 1.165) is 0 Å². The molecular weight excluding hydrogens is 457 g/mol. The van der Waals surface area contributed by atoms with E-state index in [-0.39, 0.29) is 34.5 Å². The summed E-state index contributed by atoms with van der Waals surface area (Å²) in [5.74, 6) is -0.343. The second-order valence-electron chi connectivity index (χ2n) is 6.77. The number of methoxy groups -OCH3 is 1. The highest BCUT2D eigenvalue weighted by Gasteiger charge is 2.13. The zero-order chi connectivity index (χ0) is 22.8. The lowest BCUT2D eigenvalue weighted by atomic mass is 10.1. The predicted molar refractivity (Wildman–Crippen MR) is 122 cm³/mol. The molecule has 32 heavy (non-hydrogen) atoms. The number of thiazole rings is 1. The number of hydrogen-bond acceptors (Lipinski definition) is 6. The Morgan fingerprint density at radius 1 is 1.38 bits per heavy atom. The number of imidazole rings is 1. The molecule has 2 N–H and O–H groups in total. The number of carbonyl (C=O) groups is 1. The highest BCUT2D eigenvalue weighted by Crippen LogP contribution is 2.35. The van der Waals surface area contributed by atoms with E-state index in [1.54, 1.807) is 42.6 Å². The number of fused-ring (bicyclic) bond motifs is 1. The smallest absolute Gasteiger partial charge is 0.274 e. The van der Waals surface area contributed by atoms with Gasteiger partial charge in [0.05, 0.1) is 22.4 Å². The van der Waals surface area contributed by atoms with Gasteiger partial charge in [-0.3, -0.25) is 14.0 Å². The molecule has 0 aliphatic rings. The minimum absolute atomic E-state index is 0.0553. The highest BCUT2D eigenvalue weighted by atomic mass is 35.5. The van der Waals surface area contributed by atoms with Crippen molar-refractivity contribution >= 4 is 39.9 Å². The van der Waals surface area contributed by atoms with E-state index in [4.69, 9.17) is 16.3 Å². The molecule has 0 saturated carbocycles. The number of nitrogens with zero attached hydrogens (tertiary/aromatic N) is 2. The number of aromatic nitrogens is 2. The third-order valence-corrected chi connectivity index (χ3v) is 5.94. The molecule has 0 fully saturated rings. The van der Waals surface area contributed by atoms with Gasteiger partial charge < -0.3 is 15.2 Å². The van der Waals surface area contributed by atoms with Crippen LogP contribution in [0.4, 0.5) is 4.39 Å². The molecule has 1 amide bonds. The van der Waals surface area contributed by atoms with Gasteiger partial charge in [0.25, 0.3) is 11.5 Å². The van der Waals surface area contributed by atoms with Crippen molar-refractivity contribution in [1.82, 2.24) is 14.7 Å². The zero-order valence-corrected chi connectivity index (χ0v) is 18.3. The maximum absolute atomic E-state index is 12.9. The largest absolute Gasteiger partial charge is 0.503 e. The Morgan fingerprint density at radius 3 is 2.91 bits per heavy atom. The van der Waals surface area contributed by atoms with E-state index in [0.29, 0.717) is 31.9 Å². The number of ether oxygens (including phenoxy) is 1. The summed E-state index contributed by atoms with van der Waals surface area (Å²) < 4.78 is 19.3. The molecule has 164 valence electrons. The second-order valence-corrected chi connectivity index (χ2v) is 8.19. The summed E-state index contributed by atoms with van der Waals surface area (Å²) in [6.45, 7) is -0.697. The molecule has 2 heterocycles. The molecule has 0 bridgehead atoms. The minimum atomic E-state index is -0.641. The van der Waals surface area contributed by atoms with Crippen molar-refractivity contribution in [3.63, 3.8) is 0 Å². The number of hydrogen-bond donors (Lipinski definition) is 2. The van der Waals surface area contributed by atoms with E-state index in [1.807, 2.05) is 0 Å². The molecule has 0 atom stereocenters. The number of carbonyl (C=O) groups excluding carboxylic acids is 1. The molecule has 0 aliphatic carbocycles. The standard InChI is InChI=1S/C22H17ClFN3O4S/c1-31-17-8-12(7-15(23)19(17)28)9-18-21(30)27-11-16(26-22(27)32-18)13-3-2-4-14(10-13)20(29)25-6-5-24/h2-4,7-11,28H,5-6H2,1H3,(H,25,29)/b18-9-. The van der Waals surface area contributed by atoms with Crippen LogP contribution in [0, 0.1) is 0 Å². The first kappa shape index (κ1) is 21.8. The van der Waals surface area contributed by atoms with Crippen molar-refractivity contribution < 1.29 is 19.0 Å². The lowest BCUT2D eigenvalue weighted by molar-refractivity contribution is 0.0951. The molecule has 4 rings (SSSR count). The molecule has 10 heteroatoms. The summed E-state index contributed by atoms with van der Waals surface area (Å²) in [4.78, 5) is 29.9. The normalized spacial score (nSPS) is 11.8. The van der Waals surface area contributed by atoms with Crippen LogP contribution >= 0.6 is 22.9 Å². The number of amides is 1. The average molecular weight is 474 g/mol. The van der Waals surface area contributed by atoms with Gasteiger partial charge in [-0.15, -0.1) is 0 Å². The van der Waals surface area contributed by atoms with Crippen molar-refractivity contribution in [2.24, 2.45) is 0 Å². The van der Waals surface area contributed by atoms with Crippen LogP contribution in [-0.4, -0.2) is 40.7 Å². The highest BCUT2D eigenvalue weighted by molar-refractivity contribution is 7.15. The van der Waals surface area contributed by atoms with Crippen molar-refractivity contribution in [2.45, 2.75) is 0 Å². The number of nitrogens with one attached hydrogen (secondary N) is 1. The lowest BCUT2D eigenvalue weighted by Gasteiger charge is -2.05. The maximum atomic E-state index is 12.9. The Kier molecular flexibility index (Phi) is 6.11. The third kappa shape index (κ3) is 4.17. The van der Waals surface area contributed by atoms with Crippen molar-refractivity contribution in [2.75, 3.05) is 20.3 Å². The summed E-state index contributed by atoms with van der Waals surface area (Å²) in [5, 5.41) is 12.5. The number of phenolic OH excluding ortho intramolecular Hbond substituents is 1. The summed E-state index contributed by atoms with van der Waals surface area (Å²) in [6.07, 6.45) is 3.25. The fourth-order valence-corrected chi connectivity index (χ4v) is 4.31. The molecule has 0 aliphatic heterocycles. The molecular formula is C22H17ClFN3O4S. The SMILES string of the molecule is COc1cc(/C=c2\sc3nc(-c4cccc(C(=O)NCCF)c4)cn3c2=O)cc(Cl)c1O. The number of benzene rings is 2. The van der Waals surface area contributed by atoms with Gasteiger partial charge in [0.1, 0.15) is 6.67 Å². The fraction of sp³-hybridized carbons (Fsp3) is 0.136. The molecule has 4 aromatic rings. The number of alkyl halides is 1. The van der Waals surface area contributed by atoms with Crippen LogP contribution in [0.15, 0.2) is 47.4 Å². The first-order valence-electron chi connectivity index (χ1n) is 9.46. The van der Waals surface area contributed by atoms with Gasteiger partial charge in [0, 0.05) is 23.9 Å². The van der Waals surface area contributed by atoms with E-state index in [9.17, 15) is 19.1 Å². The van der Waals surface area contributed by atoms with Gasteiger partial charge in [-0.2, -0.15) is 0 Å². The van der Waals surface area contributed by atoms with Crippen LogP contribution < -0.4 is 20.1 Å². The second kappa shape index (κ2) is 8.97. The molecule has 2 aromatic heterocycles. The Bertz CT molecular complexity index is 1430. The van der Waals surface area contributed by atoms with Gasteiger partial charge in [0.15, 0.2) is 16.5 Å². The van der Waals surface area contributed by atoms with Gasteiger partial charge in [0.2, 0.25) is 0 Å². The van der Waals surface area contributed by atoms with Crippen LogP contribution in [0.25, 0.3) is 22.3 Å². The molecule has 7 nitrogen and oxygen atoms in total. The Morgan fingerprint density at radius 2 is 2.19 bits per heavy atom. The van der Waals surface area contributed by atoms with E-state index < -0.39 is 6.67 Å². The summed E-state index contributed by atoms with van der Waals surface area (Å²) >= 11 is 7.22. The van der Waals surface area contributed by atoms with Crippen molar-refractivity contribution in [3.05, 3.63) is 73.6 Å². The summed E-state index contributed by atoms with van der Waals surface area (Å²) in [5.41, 5.74) is 1.91. The van der Waals surface area contributed by atoms with Crippen LogP contribution in [-0.2, 0) is 0 Å². The fourth-order valence-electron chi connectivity index (χ4n) is 3.14. The molecule has 0 radical (unpaired) electrons. The molecule has 0 saturated heterocycles. The first-order valence-corrected chi connectivity index (χ1v) is 10.7. The van der Waals surface area contributed by atoms with Crippen LogP contribution in [0.2, 0.25) is 5.02 Å². The first-order chi connectivity index (χ1) is 15.4. The van der Waals surface area contributed by atoms with Gasteiger partial charge in [-0.05, 0) is 35.9 Å². The van der Waals surface area contributed by atoms with Crippen LogP contribution in [0.5, 0.6) is 11.5 Å². The number of aromatic hydroxyl groups is 1. The molecule has 0 spiro atoms. The Balaban J connectivity index is 1.70. The van der Waals surface area contributed by atoms with E-state index in [1.165, 1.54) is 28.9 Å². The minimum Gasteiger partial charge on any atom is -0.503 e. The van der Waals surface area contributed by atoms with Gasteiger partial charge in [-0.1, -0.05) is 35.1 Å². The third-order valence-electron chi connectivity index (χ3n) is 4.67. The van der Waals surface area contributed by atoms with Gasteiger partial charge >= 0.3 is 0 Å². The van der Waals surface area contributed by atoms with Crippen LogP contribution in [0.3, 0.4) is 0 Å². The van der Waals surface area contributed by atoms with Crippen molar-refractivity contribution in [1.29, 1.82) is 0 Å². The van der Waals surface area contributed by atoms with E-state index in [2.05, 4.69) is 10.3 Å².